The molecule has 1 heterocycles. The molecule has 0 amide bonds. The maximum Gasteiger partial charge on any atom is 0.513 e. The van der Waals surface area contributed by atoms with E-state index in [1.807, 2.05) is 59.6 Å². The molecule has 0 aliphatic heterocycles. The summed E-state index contributed by atoms with van der Waals surface area (Å²) in [6.45, 7) is 0. The number of fused-ring (bicyclic) bond motifs is 3. The first-order valence-corrected chi connectivity index (χ1v) is 12.5. The molecule has 0 bridgehead atoms. The first-order valence-electron chi connectivity index (χ1n) is 10.5. The normalized spacial score (nSPS) is 12.1. The molecule has 0 saturated carbocycles. The fourth-order valence-electron chi connectivity index (χ4n) is 4.25. The highest BCUT2D eigenvalue weighted by Gasteiger charge is 2.30. The van der Waals surface area contributed by atoms with Crippen LogP contribution in [0.5, 0.6) is 5.75 Å². The number of para-hydroxylation sites is 1. The van der Waals surface area contributed by atoms with Crippen LogP contribution < -0.4 is 4.74 Å². The maximum absolute atomic E-state index is 12.2. The standard InChI is InChI=1S/C26H21BrN2O3S/c1-31-26(30)32-25-23(33-2)14-20(16-8-10-17(27)11-9-16)19-12-13-22-21(24(19)25)15-29(28-22)18-6-4-3-5-7-18/h3-11,14-15H,12-13H2,1-2H3. The number of aryl methyl sites for hydroxylation is 1. The molecule has 0 fully saturated rings. The van der Waals surface area contributed by atoms with Gasteiger partial charge in [0.05, 0.1) is 23.4 Å². The van der Waals surface area contributed by atoms with Gasteiger partial charge in [0.15, 0.2) is 5.75 Å². The summed E-state index contributed by atoms with van der Waals surface area (Å²) in [6, 6.07) is 20.4. The number of aromatic nitrogens is 2. The van der Waals surface area contributed by atoms with Gasteiger partial charge in [0.1, 0.15) is 0 Å². The van der Waals surface area contributed by atoms with Gasteiger partial charge in [-0.3, -0.25) is 0 Å². The van der Waals surface area contributed by atoms with E-state index in [1.165, 1.54) is 7.11 Å². The van der Waals surface area contributed by atoms with E-state index >= 15 is 0 Å². The summed E-state index contributed by atoms with van der Waals surface area (Å²) in [5.74, 6) is 0.527. The third-order valence-electron chi connectivity index (χ3n) is 5.77. The Kier molecular flexibility index (Phi) is 6.00. The minimum atomic E-state index is -0.730. The summed E-state index contributed by atoms with van der Waals surface area (Å²) in [7, 11) is 1.32. The third-order valence-corrected chi connectivity index (χ3v) is 7.04. The molecule has 5 rings (SSSR count). The predicted octanol–water partition coefficient (Wildman–Crippen LogP) is 6.93. The topological polar surface area (TPSA) is 53.4 Å². The van der Waals surface area contributed by atoms with Crippen LogP contribution in [0.15, 0.2) is 76.2 Å². The lowest BCUT2D eigenvalue weighted by atomic mass is 9.84. The predicted molar refractivity (Wildman–Crippen MR) is 134 cm³/mol. The Balaban J connectivity index is 1.76. The Morgan fingerprint density at radius 1 is 1.06 bits per heavy atom. The van der Waals surface area contributed by atoms with Crippen LogP contribution >= 0.6 is 27.7 Å². The first kappa shape index (κ1) is 21.8. The van der Waals surface area contributed by atoms with E-state index in [1.54, 1.807) is 11.8 Å². The van der Waals surface area contributed by atoms with Gasteiger partial charge in [0.25, 0.3) is 0 Å². The zero-order valence-electron chi connectivity index (χ0n) is 18.2. The van der Waals surface area contributed by atoms with Gasteiger partial charge in [0, 0.05) is 21.8 Å². The van der Waals surface area contributed by atoms with E-state index < -0.39 is 6.16 Å². The van der Waals surface area contributed by atoms with Gasteiger partial charge < -0.3 is 9.47 Å². The molecule has 1 aliphatic carbocycles. The lowest BCUT2D eigenvalue weighted by Gasteiger charge is -2.24. The lowest BCUT2D eigenvalue weighted by molar-refractivity contribution is 0.120. The number of methoxy groups -OCH3 is 1. The molecule has 7 heteroatoms. The van der Waals surface area contributed by atoms with E-state index in [2.05, 4.69) is 34.1 Å². The number of benzene rings is 3. The average molecular weight is 521 g/mol. The van der Waals surface area contributed by atoms with E-state index in [0.29, 0.717) is 5.75 Å². The van der Waals surface area contributed by atoms with Gasteiger partial charge in [-0.2, -0.15) is 5.10 Å². The number of carbonyl (C=O) groups excluding carboxylic acids is 1. The molecule has 0 radical (unpaired) electrons. The highest BCUT2D eigenvalue weighted by Crippen LogP contribution is 2.49. The first-order chi connectivity index (χ1) is 16.1. The number of nitrogens with zero attached hydrogens (tertiary/aromatic N) is 2. The quantitative estimate of drug-likeness (QED) is 0.166. The van der Waals surface area contributed by atoms with Crippen molar-refractivity contribution in [2.24, 2.45) is 0 Å². The number of rotatable bonds is 4. The highest BCUT2D eigenvalue weighted by atomic mass is 79.9. The van der Waals surface area contributed by atoms with Gasteiger partial charge in [-0.05, 0) is 66.1 Å². The van der Waals surface area contributed by atoms with Gasteiger partial charge in [-0.15, -0.1) is 11.8 Å². The number of halogens is 1. The fraction of sp³-hybridized carbons (Fsp3) is 0.154. The van der Waals surface area contributed by atoms with Crippen LogP contribution in [0.1, 0.15) is 11.3 Å². The number of hydrogen-bond acceptors (Lipinski definition) is 5. The van der Waals surface area contributed by atoms with E-state index in [4.69, 9.17) is 14.6 Å². The van der Waals surface area contributed by atoms with Crippen molar-refractivity contribution in [3.63, 3.8) is 0 Å². The third kappa shape index (κ3) is 4.07. The largest absolute Gasteiger partial charge is 0.513 e. The second-order valence-electron chi connectivity index (χ2n) is 7.64. The van der Waals surface area contributed by atoms with E-state index in [9.17, 15) is 4.79 Å². The maximum atomic E-state index is 12.2. The fourth-order valence-corrected chi connectivity index (χ4v) is 5.08. The van der Waals surface area contributed by atoms with Crippen molar-refractivity contribution in [2.45, 2.75) is 17.7 Å². The van der Waals surface area contributed by atoms with E-state index in [0.717, 1.165) is 61.4 Å². The second kappa shape index (κ2) is 9.08. The molecule has 33 heavy (non-hydrogen) atoms. The van der Waals surface area contributed by atoms with Crippen LogP contribution in [-0.2, 0) is 17.6 Å². The van der Waals surface area contributed by atoms with Gasteiger partial charge in [-0.25, -0.2) is 9.48 Å². The van der Waals surface area contributed by atoms with Crippen LogP contribution in [0.3, 0.4) is 0 Å². The van der Waals surface area contributed by atoms with Crippen LogP contribution in [-0.4, -0.2) is 29.3 Å². The summed E-state index contributed by atoms with van der Waals surface area (Å²) >= 11 is 5.07. The Bertz CT molecular complexity index is 1330. The number of ether oxygens (including phenoxy) is 2. The highest BCUT2D eigenvalue weighted by molar-refractivity contribution is 9.10. The van der Waals surface area contributed by atoms with Gasteiger partial charge in [-0.1, -0.05) is 46.3 Å². The number of carbonyl (C=O) groups is 1. The number of thioether (sulfide) groups is 1. The smallest absolute Gasteiger partial charge is 0.437 e. The molecule has 0 saturated heterocycles. The van der Waals surface area contributed by atoms with E-state index in [-0.39, 0.29) is 0 Å². The lowest BCUT2D eigenvalue weighted by Crippen LogP contribution is -2.13. The summed E-state index contributed by atoms with van der Waals surface area (Å²) in [5, 5.41) is 4.86. The number of hydrogen-bond donors (Lipinski definition) is 0. The molecule has 1 aliphatic rings. The molecule has 0 atom stereocenters. The Morgan fingerprint density at radius 2 is 1.82 bits per heavy atom. The van der Waals surface area contributed by atoms with Crippen molar-refractivity contribution in [3.8, 4) is 33.7 Å². The Morgan fingerprint density at radius 3 is 2.52 bits per heavy atom. The Labute approximate surface area is 204 Å². The monoisotopic (exact) mass is 520 g/mol. The molecule has 0 N–H and O–H groups in total. The van der Waals surface area contributed by atoms with Crippen LogP contribution in [0.2, 0.25) is 0 Å². The van der Waals surface area contributed by atoms with Crippen molar-refractivity contribution < 1.29 is 14.3 Å². The molecule has 0 spiro atoms. The average Bonchev–Trinajstić information content (AvgIpc) is 3.29. The van der Waals surface area contributed by atoms with Crippen LogP contribution in [0.4, 0.5) is 4.79 Å². The minimum Gasteiger partial charge on any atom is -0.437 e. The summed E-state index contributed by atoms with van der Waals surface area (Å²) < 4.78 is 13.5. The molecule has 1 aromatic heterocycles. The minimum absolute atomic E-state index is 0.527. The van der Waals surface area contributed by atoms with Crippen molar-refractivity contribution in [1.29, 1.82) is 0 Å². The molecule has 0 unspecified atom stereocenters. The zero-order chi connectivity index (χ0) is 22.9. The van der Waals surface area contributed by atoms with Crippen LogP contribution in [0.25, 0.3) is 27.9 Å². The molecule has 3 aromatic carbocycles. The molecule has 4 aromatic rings. The SMILES string of the molecule is COC(=O)Oc1c(SC)cc(-c2ccc(Br)cc2)c2c1-c1cn(-c3ccccc3)nc1CC2. The summed E-state index contributed by atoms with van der Waals surface area (Å²) in [6.07, 6.45) is 4.89. The zero-order valence-corrected chi connectivity index (χ0v) is 20.6. The van der Waals surface area contributed by atoms with Gasteiger partial charge in [0.2, 0.25) is 0 Å². The van der Waals surface area contributed by atoms with Crippen molar-refractivity contribution >= 4 is 33.8 Å². The molecular formula is C26H21BrN2O3S. The van der Waals surface area contributed by atoms with Crippen LogP contribution in [0, 0.1) is 0 Å². The van der Waals surface area contributed by atoms with Crippen molar-refractivity contribution in [2.75, 3.05) is 13.4 Å². The Hall–Kier alpha value is -3.03. The van der Waals surface area contributed by atoms with Crippen molar-refractivity contribution in [3.05, 3.63) is 82.6 Å². The summed E-state index contributed by atoms with van der Waals surface area (Å²) in [4.78, 5) is 13.1. The van der Waals surface area contributed by atoms with Crippen molar-refractivity contribution in [1.82, 2.24) is 9.78 Å². The molecule has 166 valence electrons. The second-order valence-corrected chi connectivity index (χ2v) is 9.41. The molecular weight excluding hydrogens is 500 g/mol. The summed E-state index contributed by atoms with van der Waals surface area (Å²) in [5.41, 5.74) is 7.26. The molecule has 5 nitrogen and oxygen atoms in total. The van der Waals surface area contributed by atoms with Gasteiger partial charge >= 0.3 is 6.16 Å².